The summed E-state index contributed by atoms with van der Waals surface area (Å²) in [5.74, 6) is 0.400. The highest BCUT2D eigenvalue weighted by Crippen LogP contribution is 2.44. The van der Waals surface area contributed by atoms with E-state index in [2.05, 4.69) is 82.0 Å². The van der Waals surface area contributed by atoms with Gasteiger partial charge in [-0.05, 0) is 54.7 Å². The third kappa shape index (κ3) is 3.56. The van der Waals surface area contributed by atoms with E-state index in [1.165, 1.54) is 11.1 Å². The average molecular weight is 459 g/mol. The molecule has 0 aromatic heterocycles. The molecule has 5 rings (SSSR count). The fraction of sp³-hybridized carbons (Fsp3) is 0.192. The van der Waals surface area contributed by atoms with Crippen molar-refractivity contribution in [2.45, 2.75) is 31.7 Å². The summed E-state index contributed by atoms with van der Waals surface area (Å²) in [6.07, 6.45) is 1.36. The van der Waals surface area contributed by atoms with Crippen LogP contribution in [0.25, 0.3) is 0 Å². The van der Waals surface area contributed by atoms with Crippen LogP contribution in [0, 0.1) is 6.92 Å². The molecule has 1 aliphatic carbocycles. The molecule has 0 radical (unpaired) electrons. The smallest absolute Gasteiger partial charge is 0.163 e. The van der Waals surface area contributed by atoms with Crippen molar-refractivity contribution < 1.29 is 4.79 Å². The van der Waals surface area contributed by atoms with Gasteiger partial charge in [0.15, 0.2) is 5.78 Å². The van der Waals surface area contributed by atoms with E-state index in [9.17, 15) is 4.79 Å². The summed E-state index contributed by atoms with van der Waals surface area (Å²) >= 11 is 3.58. The number of carbonyl (C=O) groups excluding carboxylic acids is 1. The average Bonchev–Trinajstić information content (AvgIpc) is 2.91. The number of fused-ring (bicyclic) bond motifs is 1. The number of para-hydroxylation sites is 2. The molecule has 150 valence electrons. The van der Waals surface area contributed by atoms with Crippen molar-refractivity contribution in [2.75, 3.05) is 10.6 Å². The highest BCUT2D eigenvalue weighted by molar-refractivity contribution is 9.10. The number of aryl methyl sites for hydroxylation is 1. The Balaban J connectivity index is 1.61. The van der Waals surface area contributed by atoms with Gasteiger partial charge in [-0.3, -0.25) is 4.79 Å². The number of halogens is 1. The lowest BCUT2D eigenvalue weighted by atomic mass is 9.78. The van der Waals surface area contributed by atoms with Gasteiger partial charge in [0.05, 0.1) is 17.4 Å². The van der Waals surface area contributed by atoms with E-state index in [4.69, 9.17) is 0 Å². The molecule has 0 fully saturated rings. The van der Waals surface area contributed by atoms with Crippen LogP contribution >= 0.6 is 15.9 Å². The summed E-state index contributed by atoms with van der Waals surface area (Å²) in [4.78, 5) is 13.5. The number of Topliss-reactive ketones (excluding diaryl/α,β-unsaturated/α-hetero) is 1. The lowest BCUT2D eigenvalue weighted by Crippen LogP contribution is -2.26. The second-order valence-electron chi connectivity index (χ2n) is 8.13. The van der Waals surface area contributed by atoms with Crippen LogP contribution in [0.4, 0.5) is 11.4 Å². The predicted octanol–water partition coefficient (Wildman–Crippen LogP) is 6.74. The number of hydrogen-bond acceptors (Lipinski definition) is 3. The maximum absolute atomic E-state index is 13.5. The zero-order valence-corrected chi connectivity index (χ0v) is 18.4. The Kier molecular flexibility index (Phi) is 4.95. The molecule has 2 N–H and O–H groups in total. The van der Waals surface area contributed by atoms with Crippen molar-refractivity contribution in [3.63, 3.8) is 0 Å². The van der Waals surface area contributed by atoms with Gasteiger partial charge in [-0.2, -0.15) is 0 Å². The lowest BCUT2D eigenvalue weighted by molar-refractivity contribution is -0.116. The molecule has 0 saturated carbocycles. The minimum Gasteiger partial charge on any atom is -0.372 e. The number of benzene rings is 3. The Morgan fingerprint density at radius 3 is 2.40 bits per heavy atom. The van der Waals surface area contributed by atoms with Crippen molar-refractivity contribution in [2.24, 2.45) is 0 Å². The molecular weight excluding hydrogens is 436 g/mol. The quantitative estimate of drug-likeness (QED) is 0.446. The van der Waals surface area contributed by atoms with Gasteiger partial charge in [0, 0.05) is 22.2 Å². The first kappa shape index (κ1) is 19.1. The molecule has 30 heavy (non-hydrogen) atoms. The first-order valence-corrected chi connectivity index (χ1v) is 11.1. The fourth-order valence-electron chi connectivity index (χ4n) is 4.50. The molecule has 0 amide bonds. The van der Waals surface area contributed by atoms with E-state index in [-0.39, 0.29) is 17.7 Å². The van der Waals surface area contributed by atoms with Crippen LogP contribution in [0.2, 0.25) is 0 Å². The zero-order chi connectivity index (χ0) is 20.7. The Bertz CT molecular complexity index is 1150. The van der Waals surface area contributed by atoms with Crippen molar-refractivity contribution in [3.05, 3.63) is 105 Å². The molecule has 2 atom stereocenters. The van der Waals surface area contributed by atoms with Crippen molar-refractivity contribution in [1.29, 1.82) is 0 Å². The number of hydrogen-bond donors (Lipinski definition) is 2. The maximum Gasteiger partial charge on any atom is 0.163 e. The molecule has 1 heterocycles. The fourth-order valence-corrected chi connectivity index (χ4v) is 4.92. The highest BCUT2D eigenvalue weighted by Gasteiger charge is 2.36. The van der Waals surface area contributed by atoms with Crippen molar-refractivity contribution in [3.8, 4) is 0 Å². The molecule has 0 spiro atoms. The molecule has 3 aromatic rings. The van der Waals surface area contributed by atoms with Crippen LogP contribution in [0.5, 0.6) is 0 Å². The second-order valence-corrected chi connectivity index (χ2v) is 9.05. The SMILES string of the molecule is Cc1ccc([C@H]2CC(=O)C3=C(C2)Nc2ccccc2N[C@H]3c2cccc(Br)c2)cc1. The molecule has 0 saturated heterocycles. The van der Waals surface area contributed by atoms with Gasteiger partial charge in [0.2, 0.25) is 0 Å². The maximum atomic E-state index is 13.5. The summed E-state index contributed by atoms with van der Waals surface area (Å²) in [5, 5.41) is 7.23. The van der Waals surface area contributed by atoms with Gasteiger partial charge >= 0.3 is 0 Å². The van der Waals surface area contributed by atoms with Crippen LogP contribution < -0.4 is 10.6 Å². The molecule has 1 aliphatic heterocycles. The first-order valence-electron chi connectivity index (χ1n) is 10.3. The minimum atomic E-state index is -0.180. The van der Waals surface area contributed by atoms with E-state index < -0.39 is 0 Å². The topological polar surface area (TPSA) is 41.1 Å². The van der Waals surface area contributed by atoms with Crippen LogP contribution in [0.3, 0.4) is 0 Å². The number of rotatable bonds is 2. The van der Waals surface area contributed by atoms with E-state index in [1.54, 1.807) is 0 Å². The van der Waals surface area contributed by atoms with Gasteiger partial charge in [-0.25, -0.2) is 0 Å². The molecule has 3 nitrogen and oxygen atoms in total. The Hall–Kier alpha value is -2.85. The summed E-state index contributed by atoms with van der Waals surface area (Å²) in [7, 11) is 0. The standard InChI is InChI=1S/C26H23BrN2O/c1-16-9-11-17(12-10-16)19-14-23-25(24(30)15-19)26(18-5-4-6-20(27)13-18)29-22-8-3-2-7-21(22)28-23/h2-13,19,26,28-29H,14-15H2,1H3/t19-,26+/m1/s1. The number of ketones is 1. The predicted molar refractivity (Wildman–Crippen MR) is 126 cm³/mol. The Morgan fingerprint density at radius 2 is 1.63 bits per heavy atom. The number of anilines is 2. The molecular formula is C26H23BrN2O. The second kappa shape index (κ2) is 7.77. The Morgan fingerprint density at radius 1 is 0.867 bits per heavy atom. The van der Waals surface area contributed by atoms with Crippen LogP contribution in [0.1, 0.15) is 41.5 Å². The highest BCUT2D eigenvalue weighted by atomic mass is 79.9. The van der Waals surface area contributed by atoms with Crippen molar-refractivity contribution >= 4 is 33.1 Å². The lowest BCUT2D eigenvalue weighted by Gasteiger charge is -2.30. The first-order chi connectivity index (χ1) is 14.6. The largest absolute Gasteiger partial charge is 0.372 e. The number of carbonyl (C=O) groups is 1. The van der Waals surface area contributed by atoms with Gasteiger partial charge < -0.3 is 10.6 Å². The van der Waals surface area contributed by atoms with Crippen molar-refractivity contribution in [1.82, 2.24) is 0 Å². The summed E-state index contributed by atoms with van der Waals surface area (Å²) < 4.78 is 1.01. The van der Waals surface area contributed by atoms with Crippen LogP contribution in [-0.2, 0) is 4.79 Å². The van der Waals surface area contributed by atoms with E-state index in [0.717, 1.165) is 39.1 Å². The monoisotopic (exact) mass is 458 g/mol. The molecule has 3 aromatic carbocycles. The Labute approximate surface area is 185 Å². The van der Waals surface area contributed by atoms with E-state index in [1.807, 2.05) is 24.3 Å². The van der Waals surface area contributed by atoms with Gasteiger partial charge in [-0.1, -0.05) is 70.0 Å². The molecule has 4 heteroatoms. The van der Waals surface area contributed by atoms with Crippen LogP contribution in [-0.4, -0.2) is 5.78 Å². The van der Waals surface area contributed by atoms with E-state index in [0.29, 0.717) is 6.42 Å². The van der Waals surface area contributed by atoms with Gasteiger partial charge in [-0.15, -0.1) is 0 Å². The summed E-state index contributed by atoms with van der Waals surface area (Å²) in [5.41, 5.74) is 7.45. The van der Waals surface area contributed by atoms with Crippen LogP contribution in [0.15, 0.2) is 88.5 Å². The number of allylic oxidation sites excluding steroid dienone is 1. The third-order valence-corrected chi connectivity index (χ3v) is 6.53. The molecule has 2 aliphatic rings. The normalized spacial score (nSPS) is 20.5. The number of nitrogens with one attached hydrogen (secondary N) is 2. The molecule has 0 unspecified atom stereocenters. The summed E-state index contributed by atoms with van der Waals surface area (Å²) in [6, 6.07) is 24.8. The van der Waals surface area contributed by atoms with Gasteiger partial charge in [0.25, 0.3) is 0 Å². The van der Waals surface area contributed by atoms with Gasteiger partial charge in [0.1, 0.15) is 0 Å². The third-order valence-electron chi connectivity index (χ3n) is 6.04. The van der Waals surface area contributed by atoms with E-state index >= 15 is 0 Å². The molecule has 0 bridgehead atoms. The minimum absolute atomic E-state index is 0.180. The summed E-state index contributed by atoms with van der Waals surface area (Å²) in [6.45, 7) is 2.09. The zero-order valence-electron chi connectivity index (χ0n) is 16.8.